The van der Waals surface area contributed by atoms with Crippen molar-refractivity contribution >= 4 is 41.1 Å². The lowest BCUT2D eigenvalue weighted by atomic mass is 10.2. The summed E-state index contributed by atoms with van der Waals surface area (Å²) in [6, 6.07) is 2.35. The van der Waals surface area contributed by atoms with Crippen molar-refractivity contribution in [2.75, 3.05) is 11.1 Å². The zero-order valence-electron chi connectivity index (χ0n) is 11.2. The Morgan fingerprint density at radius 2 is 2.29 bits per heavy atom. The van der Waals surface area contributed by atoms with E-state index in [4.69, 9.17) is 11.6 Å². The predicted octanol–water partition coefficient (Wildman–Crippen LogP) is 3.25. The highest BCUT2D eigenvalue weighted by molar-refractivity contribution is 8.00. The maximum absolute atomic E-state index is 13.7. The van der Waals surface area contributed by atoms with E-state index in [9.17, 15) is 19.1 Å². The Morgan fingerprint density at radius 3 is 2.86 bits per heavy atom. The molecular formula is C13H14ClFN2O3S. The molecule has 1 aromatic carbocycles. The highest BCUT2D eigenvalue weighted by atomic mass is 35.5. The molecule has 0 aromatic heterocycles. The minimum absolute atomic E-state index is 0.0275. The Balaban J connectivity index is 2.18. The van der Waals surface area contributed by atoms with E-state index in [1.807, 2.05) is 6.92 Å². The van der Waals surface area contributed by atoms with Gasteiger partial charge in [-0.25, -0.2) is 14.0 Å². The number of carbonyl (C=O) groups is 2. The number of halogens is 2. The Kier molecular flexibility index (Phi) is 4.95. The highest BCUT2D eigenvalue weighted by Crippen LogP contribution is 2.32. The molecule has 1 aliphatic heterocycles. The zero-order valence-corrected chi connectivity index (χ0v) is 12.7. The Morgan fingerprint density at radius 1 is 1.57 bits per heavy atom. The molecule has 1 aliphatic rings. The molecule has 2 unspecified atom stereocenters. The molecule has 2 atom stereocenters. The van der Waals surface area contributed by atoms with Gasteiger partial charge < -0.3 is 10.4 Å². The summed E-state index contributed by atoms with van der Waals surface area (Å²) in [5.74, 6) is -1.41. The van der Waals surface area contributed by atoms with E-state index in [0.29, 0.717) is 12.2 Å². The molecule has 114 valence electrons. The number of carbonyl (C=O) groups excluding carboxylic acids is 1. The molecule has 0 bridgehead atoms. The van der Waals surface area contributed by atoms with Gasteiger partial charge in [0.2, 0.25) is 0 Å². The number of nitrogens with zero attached hydrogens (tertiary/aromatic N) is 1. The molecule has 1 aromatic rings. The van der Waals surface area contributed by atoms with Crippen LogP contribution >= 0.6 is 23.4 Å². The van der Waals surface area contributed by atoms with Gasteiger partial charge in [0.25, 0.3) is 0 Å². The Labute approximate surface area is 130 Å². The first-order valence-electron chi connectivity index (χ1n) is 6.32. The monoisotopic (exact) mass is 332 g/mol. The SMILES string of the molecule is CCC1SCC(C(=O)O)N1C(=O)Nc1ccc(Cl)cc1F. The second kappa shape index (κ2) is 6.53. The maximum atomic E-state index is 13.7. The van der Waals surface area contributed by atoms with Crippen molar-refractivity contribution in [3.63, 3.8) is 0 Å². The number of rotatable bonds is 3. The molecule has 1 fully saturated rings. The summed E-state index contributed by atoms with van der Waals surface area (Å²) in [5.41, 5.74) is -0.0275. The van der Waals surface area contributed by atoms with Crippen LogP contribution in [0.1, 0.15) is 13.3 Å². The van der Waals surface area contributed by atoms with Gasteiger partial charge in [-0.2, -0.15) is 0 Å². The van der Waals surface area contributed by atoms with E-state index in [-0.39, 0.29) is 16.1 Å². The molecular weight excluding hydrogens is 319 g/mol. The second-order valence-electron chi connectivity index (χ2n) is 4.51. The molecule has 1 saturated heterocycles. The molecule has 5 nitrogen and oxygen atoms in total. The standard InChI is InChI=1S/C13H14ClFN2O3S/c1-2-11-17(10(6-21-11)12(18)19)13(20)16-9-4-3-7(14)5-8(9)15/h3-5,10-11H,2,6H2,1H3,(H,16,20)(H,18,19). The Hall–Kier alpha value is -1.47. The van der Waals surface area contributed by atoms with E-state index in [1.165, 1.54) is 28.8 Å². The summed E-state index contributed by atoms with van der Waals surface area (Å²) >= 11 is 7.05. The summed E-state index contributed by atoms with van der Waals surface area (Å²) in [5, 5.41) is 11.6. The van der Waals surface area contributed by atoms with Crippen LogP contribution in [0.25, 0.3) is 0 Å². The van der Waals surface area contributed by atoms with Crippen LogP contribution in [0, 0.1) is 5.82 Å². The number of amides is 2. The van der Waals surface area contributed by atoms with Gasteiger partial charge in [0.15, 0.2) is 0 Å². The van der Waals surface area contributed by atoms with Crippen LogP contribution in [-0.2, 0) is 4.79 Å². The smallest absolute Gasteiger partial charge is 0.327 e. The van der Waals surface area contributed by atoms with Crippen molar-refractivity contribution in [1.82, 2.24) is 4.90 Å². The third-order valence-electron chi connectivity index (χ3n) is 3.13. The number of nitrogens with one attached hydrogen (secondary N) is 1. The van der Waals surface area contributed by atoms with E-state index in [0.717, 1.165) is 6.07 Å². The molecule has 8 heteroatoms. The lowest BCUT2D eigenvalue weighted by Gasteiger charge is -2.26. The first-order chi connectivity index (χ1) is 9.93. The molecule has 2 amide bonds. The number of urea groups is 1. The van der Waals surface area contributed by atoms with Gasteiger partial charge in [0.1, 0.15) is 11.9 Å². The van der Waals surface area contributed by atoms with Crippen molar-refractivity contribution < 1.29 is 19.1 Å². The lowest BCUT2D eigenvalue weighted by Crippen LogP contribution is -2.47. The third kappa shape index (κ3) is 3.41. The number of hydrogen-bond donors (Lipinski definition) is 2. The minimum atomic E-state index is -1.06. The summed E-state index contributed by atoms with van der Waals surface area (Å²) in [7, 11) is 0. The van der Waals surface area contributed by atoms with Gasteiger partial charge in [0.05, 0.1) is 11.1 Å². The topological polar surface area (TPSA) is 69.6 Å². The Bertz CT molecular complexity index is 572. The fourth-order valence-corrected chi connectivity index (χ4v) is 3.62. The summed E-state index contributed by atoms with van der Waals surface area (Å²) in [6.07, 6.45) is 0.616. The molecule has 2 rings (SSSR count). The number of aliphatic carboxylic acids is 1. The molecule has 21 heavy (non-hydrogen) atoms. The van der Waals surface area contributed by atoms with E-state index in [2.05, 4.69) is 5.32 Å². The van der Waals surface area contributed by atoms with Crippen molar-refractivity contribution in [2.45, 2.75) is 24.8 Å². The van der Waals surface area contributed by atoms with Crippen molar-refractivity contribution in [1.29, 1.82) is 0 Å². The third-order valence-corrected chi connectivity index (χ3v) is 4.82. The molecule has 0 spiro atoms. The van der Waals surface area contributed by atoms with Crippen molar-refractivity contribution in [3.05, 3.63) is 29.0 Å². The van der Waals surface area contributed by atoms with E-state index in [1.54, 1.807) is 0 Å². The quantitative estimate of drug-likeness (QED) is 0.891. The zero-order chi connectivity index (χ0) is 15.6. The van der Waals surface area contributed by atoms with Crippen LogP contribution in [0.2, 0.25) is 5.02 Å². The number of anilines is 1. The van der Waals surface area contributed by atoms with Gasteiger partial charge >= 0.3 is 12.0 Å². The van der Waals surface area contributed by atoms with Crippen LogP contribution in [0.4, 0.5) is 14.9 Å². The van der Waals surface area contributed by atoms with Crippen molar-refractivity contribution in [3.8, 4) is 0 Å². The first kappa shape index (κ1) is 15.9. The van der Waals surface area contributed by atoms with Crippen LogP contribution in [0.15, 0.2) is 18.2 Å². The summed E-state index contributed by atoms with van der Waals surface area (Å²) in [4.78, 5) is 24.7. The molecule has 2 N–H and O–H groups in total. The summed E-state index contributed by atoms with van der Waals surface area (Å²) < 4.78 is 13.7. The van der Waals surface area contributed by atoms with Crippen LogP contribution < -0.4 is 5.32 Å². The van der Waals surface area contributed by atoms with E-state index >= 15 is 0 Å². The average molecular weight is 333 g/mol. The van der Waals surface area contributed by atoms with Gasteiger partial charge in [-0.1, -0.05) is 18.5 Å². The largest absolute Gasteiger partial charge is 0.480 e. The lowest BCUT2D eigenvalue weighted by molar-refractivity contribution is -0.141. The van der Waals surface area contributed by atoms with Crippen molar-refractivity contribution in [2.24, 2.45) is 0 Å². The number of benzene rings is 1. The van der Waals surface area contributed by atoms with Gasteiger partial charge in [-0.05, 0) is 24.6 Å². The van der Waals surface area contributed by atoms with Gasteiger partial charge in [0, 0.05) is 10.8 Å². The number of carboxylic acids is 1. The molecule has 1 heterocycles. The van der Waals surface area contributed by atoms with Gasteiger partial charge in [-0.15, -0.1) is 11.8 Å². The normalized spacial score (nSPS) is 21.4. The fraction of sp³-hybridized carbons (Fsp3) is 0.385. The van der Waals surface area contributed by atoms with E-state index < -0.39 is 23.9 Å². The second-order valence-corrected chi connectivity index (χ2v) is 6.16. The predicted molar refractivity (Wildman–Crippen MR) is 80.2 cm³/mol. The van der Waals surface area contributed by atoms with Gasteiger partial charge in [-0.3, -0.25) is 4.90 Å². The minimum Gasteiger partial charge on any atom is -0.480 e. The number of hydrogen-bond acceptors (Lipinski definition) is 3. The van der Waals surface area contributed by atoms with Crippen LogP contribution in [0.3, 0.4) is 0 Å². The molecule has 0 radical (unpaired) electrons. The summed E-state index contributed by atoms with van der Waals surface area (Å²) in [6.45, 7) is 1.87. The average Bonchev–Trinajstić information content (AvgIpc) is 2.86. The first-order valence-corrected chi connectivity index (χ1v) is 7.75. The maximum Gasteiger partial charge on any atom is 0.327 e. The number of thioether (sulfide) groups is 1. The fourth-order valence-electron chi connectivity index (χ4n) is 2.11. The molecule has 0 aliphatic carbocycles. The highest BCUT2D eigenvalue weighted by Gasteiger charge is 2.41. The van der Waals surface area contributed by atoms with Crippen LogP contribution in [-0.4, -0.2) is 39.2 Å². The number of carboxylic acid groups (broad SMARTS) is 1. The molecule has 0 saturated carbocycles. The van der Waals surface area contributed by atoms with Crippen LogP contribution in [0.5, 0.6) is 0 Å².